The molecule has 0 saturated carbocycles. The maximum Gasteiger partial charge on any atom is 0.331 e. The predicted molar refractivity (Wildman–Crippen MR) is 104 cm³/mol. The molecule has 132 valence electrons. The van der Waals surface area contributed by atoms with Crippen LogP contribution in [-0.4, -0.2) is 23.3 Å². The van der Waals surface area contributed by atoms with E-state index in [1.165, 1.54) is 17.4 Å². The number of para-hydroxylation sites is 1. The van der Waals surface area contributed by atoms with Crippen molar-refractivity contribution in [2.45, 2.75) is 19.8 Å². The first-order valence-corrected chi connectivity index (χ1v) is 9.18. The van der Waals surface area contributed by atoms with E-state index in [1.54, 1.807) is 18.2 Å². The van der Waals surface area contributed by atoms with Gasteiger partial charge in [0.2, 0.25) is 0 Å². The SMILES string of the molecule is CC(C)c1ccc(C(=O)COC(=O)/C=C/c2nc3ccccc3s2)cc1. The molecule has 0 amide bonds. The lowest BCUT2D eigenvalue weighted by Gasteiger charge is -2.06. The molecule has 3 rings (SSSR count). The van der Waals surface area contributed by atoms with Crippen molar-refractivity contribution in [3.05, 3.63) is 70.7 Å². The van der Waals surface area contributed by atoms with Crippen molar-refractivity contribution in [3.63, 3.8) is 0 Å². The number of hydrogen-bond donors (Lipinski definition) is 0. The van der Waals surface area contributed by atoms with Crippen molar-refractivity contribution in [2.75, 3.05) is 6.61 Å². The van der Waals surface area contributed by atoms with Gasteiger partial charge in [-0.3, -0.25) is 4.79 Å². The molecule has 4 nitrogen and oxygen atoms in total. The Hall–Kier alpha value is -2.79. The van der Waals surface area contributed by atoms with Gasteiger partial charge in [0.1, 0.15) is 5.01 Å². The van der Waals surface area contributed by atoms with E-state index in [9.17, 15) is 9.59 Å². The van der Waals surface area contributed by atoms with Crippen molar-refractivity contribution >= 4 is 39.4 Å². The van der Waals surface area contributed by atoms with Crippen molar-refractivity contribution in [1.82, 2.24) is 4.98 Å². The van der Waals surface area contributed by atoms with Crippen molar-refractivity contribution in [3.8, 4) is 0 Å². The molecule has 0 spiro atoms. The molecular weight excluding hydrogens is 346 g/mol. The fraction of sp³-hybridized carbons (Fsp3) is 0.190. The first-order valence-electron chi connectivity index (χ1n) is 8.36. The van der Waals surface area contributed by atoms with Gasteiger partial charge < -0.3 is 4.74 Å². The Morgan fingerprint density at radius 1 is 1.12 bits per heavy atom. The molecule has 5 heteroatoms. The van der Waals surface area contributed by atoms with Gasteiger partial charge in [-0.05, 0) is 29.7 Å². The quantitative estimate of drug-likeness (QED) is 0.356. The molecule has 0 atom stereocenters. The number of aromatic nitrogens is 1. The zero-order valence-electron chi connectivity index (χ0n) is 14.6. The zero-order valence-corrected chi connectivity index (χ0v) is 15.5. The maximum atomic E-state index is 12.1. The zero-order chi connectivity index (χ0) is 18.5. The number of ketones is 1. The average molecular weight is 365 g/mol. The van der Waals surface area contributed by atoms with E-state index in [0.29, 0.717) is 11.5 Å². The van der Waals surface area contributed by atoms with Crippen LogP contribution < -0.4 is 0 Å². The Morgan fingerprint density at radius 2 is 1.85 bits per heavy atom. The van der Waals surface area contributed by atoms with E-state index >= 15 is 0 Å². The summed E-state index contributed by atoms with van der Waals surface area (Å²) in [4.78, 5) is 28.3. The number of carbonyl (C=O) groups is 2. The lowest BCUT2D eigenvalue weighted by molar-refractivity contribution is -0.136. The molecule has 0 fully saturated rings. The minimum absolute atomic E-state index is 0.220. The lowest BCUT2D eigenvalue weighted by atomic mass is 10.0. The summed E-state index contributed by atoms with van der Waals surface area (Å²) >= 11 is 1.49. The number of thiazole rings is 1. The van der Waals surface area contributed by atoms with Crippen LogP contribution in [0, 0.1) is 0 Å². The molecule has 26 heavy (non-hydrogen) atoms. The molecule has 0 bridgehead atoms. The van der Waals surface area contributed by atoms with Crippen LogP contribution in [0.1, 0.15) is 40.7 Å². The van der Waals surface area contributed by atoms with Crippen LogP contribution >= 0.6 is 11.3 Å². The van der Waals surface area contributed by atoms with E-state index < -0.39 is 5.97 Å². The second-order valence-corrected chi connectivity index (χ2v) is 7.22. The van der Waals surface area contributed by atoms with Gasteiger partial charge in [-0.2, -0.15) is 0 Å². The summed E-state index contributed by atoms with van der Waals surface area (Å²) in [6.07, 6.45) is 2.90. The predicted octanol–water partition coefficient (Wildman–Crippen LogP) is 4.86. The van der Waals surface area contributed by atoms with Gasteiger partial charge in [0.25, 0.3) is 0 Å². The van der Waals surface area contributed by atoms with Crippen LogP contribution in [0.15, 0.2) is 54.6 Å². The molecule has 3 aromatic rings. The summed E-state index contributed by atoms with van der Waals surface area (Å²) < 4.78 is 6.09. The highest BCUT2D eigenvalue weighted by atomic mass is 32.1. The average Bonchev–Trinajstić information content (AvgIpc) is 3.07. The Balaban J connectivity index is 1.55. The monoisotopic (exact) mass is 365 g/mol. The second-order valence-electron chi connectivity index (χ2n) is 6.16. The highest BCUT2D eigenvalue weighted by molar-refractivity contribution is 7.19. The van der Waals surface area contributed by atoms with Crippen LogP contribution in [0.5, 0.6) is 0 Å². The molecule has 0 aliphatic heterocycles. The highest BCUT2D eigenvalue weighted by Crippen LogP contribution is 2.22. The Kier molecular flexibility index (Phi) is 5.58. The topological polar surface area (TPSA) is 56.3 Å². The largest absolute Gasteiger partial charge is 0.454 e. The molecule has 0 N–H and O–H groups in total. The summed E-state index contributed by atoms with van der Waals surface area (Å²) in [5, 5.41) is 0.721. The van der Waals surface area contributed by atoms with Crippen molar-refractivity contribution < 1.29 is 14.3 Å². The summed E-state index contributed by atoms with van der Waals surface area (Å²) in [6.45, 7) is 3.91. The van der Waals surface area contributed by atoms with E-state index in [-0.39, 0.29) is 12.4 Å². The molecule has 0 saturated heterocycles. The van der Waals surface area contributed by atoms with E-state index in [4.69, 9.17) is 4.74 Å². The fourth-order valence-corrected chi connectivity index (χ4v) is 3.29. The Labute approximate surface area is 156 Å². The number of fused-ring (bicyclic) bond motifs is 1. The van der Waals surface area contributed by atoms with E-state index in [0.717, 1.165) is 20.8 Å². The summed E-state index contributed by atoms with van der Waals surface area (Å²) in [6, 6.07) is 15.1. The smallest absolute Gasteiger partial charge is 0.331 e. The number of Topliss-reactive ketones (excluding diaryl/α,β-unsaturated/α-hetero) is 1. The Bertz CT molecular complexity index is 922. The molecule has 0 radical (unpaired) electrons. The molecule has 0 unspecified atom stereocenters. The van der Waals surface area contributed by atoms with Crippen LogP contribution in [0.2, 0.25) is 0 Å². The number of esters is 1. The van der Waals surface area contributed by atoms with E-state index in [1.807, 2.05) is 36.4 Å². The van der Waals surface area contributed by atoms with Crippen molar-refractivity contribution in [1.29, 1.82) is 0 Å². The molecule has 0 aliphatic rings. The lowest BCUT2D eigenvalue weighted by Crippen LogP contribution is -2.12. The Morgan fingerprint density at radius 3 is 2.54 bits per heavy atom. The van der Waals surface area contributed by atoms with Gasteiger partial charge in [0, 0.05) is 11.6 Å². The molecule has 2 aromatic carbocycles. The minimum atomic E-state index is -0.559. The third-order valence-electron chi connectivity index (χ3n) is 3.92. The fourth-order valence-electron chi connectivity index (χ4n) is 2.42. The molecular formula is C21H19NO3S. The number of rotatable bonds is 6. The molecule has 1 aromatic heterocycles. The van der Waals surface area contributed by atoms with Gasteiger partial charge in [-0.25, -0.2) is 9.78 Å². The standard InChI is InChI=1S/C21H19NO3S/c1-14(2)15-7-9-16(10-8-15)18(23)13-25-21(24)12-11-20-22-17-5-3-4-6-19(17)26-20/h3-12,14H,13H2,1-2H3/b12-11+. The number of hydrogen-bond acceptors (Lipinski definition) is 5. The summed E-state index contributed by atoms with van der Waals surface area (Å²) in [5.74, 6) is -0.372. The second kappa shape index (κ2) is 8.06. The number of nitrogens with zero attached hydrogens (tertiary/aromatic N) is 1. The normalized spacial score (nSPS) is 11.3. The van der Waals surface area contributed by atoms with Gasteiger partial charge in [-0.15, -0.1) is 11.3 Å². The van der Waals surface area contributed by atoms with Gasteiger partial charge in [0.05, 0.1) is 10.2 Å². The maximum absolute atomic E-state index is 12.1. The number of ether oxygens (including phenoxy) is 1. The summed E-state index contributed by atoms with van der Waals surface area (Å²) in [5.41, 5.74) is 2.60. The third kappa shape index (κ3) is 4.43. The highest BCUT2D eigenvalue weighted by Gasteiger charge is 2.09. The molecule has 1 heterocycles. The van der Waals surface area contributed by atoms with Crippen molar-refractivity contribution in [2.24, 2.45) is 0 Å². The van der Waals surface area contributed by atoms with Crippen LogP contribution in [-0.2, 0) is 9.53 Å². The van der Waals surface area contributed by atoms with Crippen LogP contribution in [0.3, 0.4) is 0 Å². The minimum Gasteiger partial charge on any atom is -0.454 e. The van der Waals surface area contributed by atoms with E-state index in [2.05, 4.69) is 18.8 Å². The molecule has 0 aliphatic carbocycles. The van der Waals surface area contributed by atoms with Crippen LogP contribution in [0.4, 0.5) is 0 Å². The number of carbonyl (C=O) groups excluding carboxylic acids is 2. The summed E-state index contributed by atoms with van der Waals surface area (Å²) in [7, 11) is 0. The third-order valence-corrected chi connectivity index (χ3v) is 4.92. The van der Waals surface area contributed by atoms with Crippen LogP contribution in [0.25, 0.3) is 16.3 Å². The van der Waals surface area contributed by atoms with Gasteiger partial charge in [0.15, 0.2) is 12.4 Å². The first kappa shape index (κ1) is 18.0. The van der Waals surface area contributed by atoms with Gasteiger partial charge in [-0.1, -0.05) is 50.2 Å². The number of benzene rings is 2. The first-order chi connectivity index (χ1) is 12.5. The van der Waals surface area contributed by atoms with Gasteiger partial charge >= 0.3 is 5.97 Å².